The first kappa shape index (κ1) is 16.9. The van der Waals surface area contributed by atoms with E-state index in [1.54, 1.807) is 25.2 Å². The van der Waals surface area contributed by atoms with E-state index in [1.165, 1.54) is 9.21 Å². The smallest absolute Gasteiger partial charge is 0.410 e. The zero-order valence-electron chi connectivity index (χ0n) is 13.6. The average molecular weight is 429 g/mol. The Labute approximate surface area is 153 Å². The van der Waals surface area contributed by atoms with Crippen LogP contribution in [-0.4, -0.2) is 56.0 Å². The Morgan fingerprint density at radius 2 is 1.88 bits per heavy atom. The second kappa shape index (κ2) is 5.72. The van der Waals surface area contributed by atoms with Crippen molar-refractivity contribution in [2.24, 2.45) is 0 Å². The molecule has 0 unspecified atom stereocenters. The summed E-state index contributed by atoms with van der Waals surface area (Å²) in [5.41, 5.74) is -0.0593. The zero-order chi connectivity index (χ0) is 17.8. The summed E-state index contributed by atoms with van der Waals surface area (Å²) in [4.78, 5) is 13.2. The number of nitrogens with zero attached hydrogens (tertiary/aromatic N) is 2. The highest BCUT2D eigenvalue weighted by Gasteiger charge is 2.48. The summed E-state index contributed by atoms with van der Waals surface area (Å²) in [7, 11) is -2.08. The van der Waals surface area contributed by atoms with Gasteiger partial charge in [0.15, 0.2) is 0 Å². The number of likely N-dealkylation sites (N-methyl/N-ethyl adjacent to an activating group) is 1. The number of ether oxygens (including phenoxy) is 1. The minimum atomic E-state index is -3.76. The molecule has 0 N–H and O–H groups in total. The molecule has 9 heteroatoms. The number of benzene rings is 1. The van der Waals surface area contributed by atoms with Crippen molar-refractivity contribution in [1.82, 2.24) is 9.21 Å². The molecule has 1 aromatic heterocycles. The Morgan fingerprint density at radius 1 is 1.20 bits per heavy atom. The van der Waals surface area contributed by atoms with Gasteiger partial charge in [-0.2, -0.15) is 4.31 Å². The van der Waals surface area contributed by atoms with Crippen molar-refractivity contribution in [1.29, 1.82) is 0 Å². The van der Waals surface area contributed by atoms with E-state index in [1.807, 2.05) is 6.07 Å². The number of fused-ring (bicyclic) bond motifs is 1. The van der Waals surface area contributed by atoms with E-state index in [0.29, 0.717) is 29.4 Å². The Hall–Kier alpha value is -1.58. The first-order valence-electron chi connectivity index (χ1n) is 7.94. The van der Waals surface area contributed by atoms with Crippen molar-refractivity contribution in [3.63, 3.8) is 0 Å². The fourth-order valence-corrected chi connectivity index (χ4v) is 5.91. The molecule has 2 aliphatic rings. The third-order valence-electron chi connectivity index (χ3n) is 4.85. The monoisotopic (exact) mass is 428 g/mol. The van der Waals surface area contributed by atoms with E-state index >= 15 is 0 Å². The highest BCUT2D eigenvalue weighted by atomic mass is 79.9. The van der Waals surface area contributed by atoms with E-state index in [9.17, 15) is 13.2 Å². The van der Waals surface area contributed by atoms with Gasteiger partial charge in [0.2, 0.25) is 5.09 Å². The van der Waals surface area contributed by atoms with Gasteiger partial charge in [-0.15, -0.1) is 0 Å². The predicted molar refractivity (Wildman–Crippen MR) is 93.7 cm³/mol. The van der Waals surface area contributed by atoms with E-state index in [4.69, 9.17) is 9.15 Å². The molecule has 2 aliphatic heterocycles. The number of rotatable bonds is 2. The van der Waals surface area contributed by atoms with Crippen LogP contribution in [0.5, 0.6) is 0 Å². The van der Waals surface area contributed by atoms with Gasteiger partial charge in [0.1, 0.15) is 11.2 Å². The maximum absolute atomic E-state index is 13.0. The number of sulfonamides is 1. The van der Waals surface area contributed by atoms with Crippen LogP contribution in [0.25, 0.3) is 11.0 Å². The van der Waals surface area contributed by atoms with Gasteiger partial charge in [0.25, 0.3) is 10.0 Å². The molecule has 1 amide bonds. The second-order valence-corrected chi connectivity index (χ2v) is 9.14. The van der Waals surface area contributed by atoms with Crippen LogP contribution in [0.2, 0.25) is 0 Å². The molecule has 2 saturated heterocycles. The van der Waals surface area contributed by atoms with Crippen LogP contribution in [-0.2, 0) is 14.8 Å². The van der Waals surface area contributed by atoms with Crippen molar-refractivity contribution in [3.05, 3.63) is 28.7 Å². The van der Waals surface area contributed by atoms with E-state index < -0.39 is 15.6 Å². The minimum absolute atomic E-state index is 0.0785. The van der Waals surface area contributed by atoms with Crippen molar-refractivity contribution in [2.75, 3.05) is 26.7 Å². The summed E-state index contributed by atoms with van der Waals surface area (Å²) in [5.74, 6) is 0. The van der Waals surface area contributed by atoms with E-state index in [2.05, 4.69) is 15.9 Å². The molecule has 134 valence electrons. The predicted octanol–water partition coefficient (Wildman–Crippen LogP) is 2.80. The molecule has 25 heavy (non-hydrogen) atoms. The lowest BCUT2D eigenvalue weighted by Crippen LogP contribution is -2.48. The summed E-state index contributed by atoms with van der Waals surface area (Å²) in [6.45, 7) is 1.06. The van der Waals surface area contributed by atoms with Crippen molar-refractivity contribution in [2.45, 2.75) is 23.5 Å². The Kier molecular flexibility index (Phi) is 3.86. The number of carbonyl (C=O) groups is 1. The van der Waals surface area contributed by atoms with Crippen molar-refractivity contribution in [3.8, 4) is 0 Å². The van der Waals surface area contributed by atoms with E-state index in [-0.39, 0.29) is 24.3 Å². The second-order valence-electron chi connectivity index (χ2n) is 6.51. The Balaban J connectivity index is 1.59. The van der Waals surface area contributed by atoms with Crippen molar-refractivity contribution >= 4 is 43.0 Å². The number of piperidine rings is 1. The summed E-state index contributed by atoms with van der Waals surface area (Å²) >= 11 is 3.35. The summed E-state index contributed by atoms with van der Waals surface area (Å²) in [5, 5.41) is 0.645. The standard InChI is InChI=1S/C16H17BrN2O5S/c1-18-10-16(24-15(18)20)6-8-19(9-7-16)25(21,22)14-13(17)11-4-2-3-5-12(11)23-14/h2-5H,6-10H2,1H3. The summed E-state index contributed by atoms with van der Waals surface area (Å²) in [6.07, 6.45) is 0.594. The molecule has 0 bridgehead atoms. The first-order valence-corrected chi connectivity index (χ1v) is 10.2. The maximum Gasteiger partial charge on any atom is 0.410 e. The van der Waals surface area contributed by atoms with Gasteiger partial charge in [-0.05, 0) is 28.1 Å². The highest BCUT2D eigenvalue weighted by molar-refractivity contribution is 9.10. The van der Waals surface area contributed by atoms with E-state index in [0.717, 1.165) is 5.39 Å². The normalized spacial score (nSPS) is 21.2. The minimum Gasteiger partial charge on any atom is -0.442 e. The fraction of sp³-hybridized carbons (Fsp3) is 0.438. The molecule has 2 aromatic rings. The molecule has 1 aromatic carbocycles. The van der Waals surface area contributed by atoms with Crippen molar-refractivity contribution < 1.29 is 22.4 Å². The Bertz CT molecular complexity index is 947. The molecule has 1 spiro atoms. The van der Waals surface area contributed by atoms with Crippen LogP contribution < -0.4 is 0 Å². The summed E-state index contributed by atoms with van der Waals surface area (Å²) < 4.78 is 38.9. The van der Waals surface area contributed by atoms with Gasteiger partial charge in [0, 0.05) is 38.4 Å². The van der Waals surface area contributed by atoms with Gasteiger partial charge in [0.05, 0.1) is 11.0 Å². The molecule has 0 saturated carbocycles. The largest absolute Gasteiger partial charge is 0.442 e. The van der Waals surface area contributed by atoms with Gasteiger partial charge < -0.3 is 14.1 Å². The van der Waals surface area contributed by atoms with Crippen LogP contribution in [0.15, 0.2) is 38.2 Å². The third-order valence-corrected chi connectivity index (χ3v) is 7.70. The van der Waals surface area contributed by atoms with Crippen LogP contribution in [0.4, 0.5) is 4.79 Å². The van der Waals surface area contributed by atoms with Gasteiger partial charge in [-0.25, -0.2) is 13.2 Å². The molecule has 4 rings (SSSR count). The number of carbonyl (C=O) groups excluding carboxylic acids is 1. The molecule has 0 atom stereocenters. The van der Waals surface area contributed by atoms with Crippen LogP contribution in [0.1, 0.15) is 12.8 Å². The molecule has 0 aliphatic carbocycles. The molecular formula is C16H17BrN2O5S. The Morgan fingerprint density at radius 3 is 2.48 bits per heavy atom. The van der Waals surface area contributed by atoms with Gasteiger partial charge in [-0.1, -0.05) is 12.1 Å². The molecule has 2 fully saturated rings. The number of halogens is 1. The number of hydrogen-bond donors (Lipinski definition) is 0. The van der Waals surface area contributed by atoms with Crippen LogP contribution >= 0.6 is 15.9 Å². The lowest BCUT2D eigenvalue weighted by atomic mass is 9.92. The van der Waals surface area contributed by atoms with Gasteiger partial charge in [-0.3, -0.25) is 0 Å². The first-order chi connectivity index (χ1) is 11.8. The lowest BCUT2D eigenvalue weighted by molar-refractivity contribution is 0.0170. The SMILES string of the molecule is CN1CC2(CCN(S(=O)(=O)c3oc4ccccc4c3Br)CC2)OC1=O. The lowest BCUT2D eigenvalue weighted by Gasteiger charge is -2.36. The maximum atomic E-state index is 13.0. The van der Waals surface area contributed by atoms with Crippen LogP contribution in [0, 0.1) is 0 Å². The number of hydrogen-bond acceptors (Lipinski definition) is 5. The van der Waals surface area contributed by atoms with Crippen LogP contribution in [0.3, 0.4) is 0 Å². The summed E-state index contributed by atoms with van der Waals surface area (Å²) in [6, 6.07) is 7.16. The topological polar surface area (TPSA) is 80.1 Å². The molecule has 0 radical (unpaired) electrons. The van der Waals surface area contributed by atoms with Gasteiger partial charge >= 0.3 is 6.09 Å². The highest BCUT2D eigenvalue weighted by Crippen LogP contribution is 2.38. The quantitative estimate of drug-likeness (QED) is 0.734. The molecule has 7 nitrogen and oxygen atoms in total. The molecule has 3 heterocycles. The fourth-order valence-electron chi connectivity index (χ4n) is 3.46. The number of amides is 1. The zero-order valence-corrected chi connectivity index (χ0v) is 16.0. The number of para-hydroxylation sites is 1. The average Bonchev–Trinajstić information content (AvgIpc) is 3.06. The molecular weight excluding hydrogens is 412 g/mol. The third kappa shape index (κ3) is 2.65. The number of furan rings is 1.